The normalized spacial score (nSPS) is 18.9. The van der Waals surface area contributed by atoms with Crippen molar-refractivity contribution >= 4 is 40.0 Å². The number of fused-ring (bicyclic) bond motifs is 1. The minimum absolute atomic E-state index is 0.141. The number of hydrogen-bond donors (Lipinski definition) is 3. The van der Waals surface area contributed by atoms with Crippen LogP contribution in [0.1, 0.15) is 24.3 Å². The van der Waals surface area contributed by atoms with Crippen molar-refractivity contribution in [2.45, 2.75) is 24.8 Å². The number of rotatable bonds is 5. The molecule has 0 unspecified atom stereocenters. The van der Waals surface area contributed by atoms with Gasteiger partial charge in [0.2, 0.25) is 5.91 Å². The van der Waals surface area contributed by atoms with Crippen LogP contribution in [-0.2, 0) is 4.79 Å². The first-order valence-corrected chi connectivity index (χ1v) is 13.2. The molecule has 190 valence electrons. The van der Waals surface area contributed by atoms with E-state index in [1.165, 1.54) is 0 Å². The maximum absolute atomic E-state index is 13.9. The third-order valence-electron chi connectivity index (χ3n) is 7.58. The predicted molar refractivity (Wildman–Crippen MR) is 148 cm³/mol. The van der Waals surface area contributed by atoms with Crippen molar-refractivity contribution in [1.82, 2.24) is 25.4 Å². The molecule has 2 aliphatic rings. The van der Waals surface area contributed by atoms with Crippen LogP contribution in [0.25, 0.3) is 22.2 Å². The number of H-pyrrole nitrogens is 1. The lowest BCUT2D eigenvalue weighted by Gasteiger charge is -2.39. The highest BCUT2D eigenvalue weighted by Crippen LogP contribution is 2.39. The third kappa shape index (κ3) is 4.51. The molecule has 6 rings (SSSR count). The summed E-state index contributed by atoms with van der Waals surface area (Å²) in [7, 11) is 0. The number of pyridine rings is 1. The monoisotopic (exact) mass is 515 g/mol. The van der Waals surface area contributed by atoms with Crippen molar-refractivity contribution < 1.29 is 4.79 Å². The second kappa shape index (κ2) is 10.0. The van der Waals surface area contributed by atoms with Crippen LogP contribution < -0.4 is 16.0 Å². The van der Waals surface area contributed by atoms with Crippen LogP contribution in [-0.4, -0.2) is 64.8 Å². The van der Waals surface area contributed by atoms with E-state index in [4.69, 9.17) is 17.3 Å². The number of hydrogen-bond acceptors (Lipinski definition) is 6. The van der Waals surface area contributed by atoms with Gasteiger partial charge < -0.3 is 20.9 Å². The van der Waals surface area contributed by atoms with Gasteiger partial charge in [0, 0.05) is 49.0 Å². The topological polar surface area (TPSA) is 103 Å². The number of halogens is 1. The summed E-state index contributed by atoms with van der Waals surface area (Å²) in [4.78, 5) is 22.8. The summed E-state index contributed by atoms with van der Waals surface area (Å²) in [6.45, 7) is 3.60. The Labute approximate surface area is 220 Å². The first kappa shape index (κ1) is 23.8. The second-order valence-corrected chi connectivity index (χ2v) is 10.2. The lowest BCUT2D eigenvalue weighted by atomic mass is 9.89. The second-order valence-electron chi connectivity index (χ2n) is 9.76. The first-order chi connectivity index (χ1) is 18.1. The number of aromatic amines is 1. The lowest BCUT2D eigenvalue weighted by Crippen LogP contribution is -2.52. The van der Waals surface area contributed by atoms with Crippen LogP contribution in [0.3, 0.4) is 0 Å². The van der Waals surface area contributed by atoms with Gasteiger partial charge >= 0.3 is 0 Å². The van der Waals surface area contributed by atoms with E-state index >= 15 is 0 Å². The molecule has 4 heterocycles. The number of amides is 1. The van der Waals surface area contributed by atoms with Crippen molar-refractivity contribution in [2.24, 2.45) is 0 Å². The van der Waals surface area contributed by atoms with Gasteiger partial charge in [-0.05, 0) is 42.6 Å². The van der Waals surface area contributed by atoms with E-state index in [2.05, 4.69) is 37.5 Å². The van der Waals surface area contributed by atoms with E-state index in [0.717, 1.165) is 47.2 Å². The van der Waals surface area contributed by atoms with E-state index < -0.39 is 0 Å². The number of benzene rings is 2. The number of nitrogens with one attached hydrogen (secondary N) is 2. The zero-order valence-electron chi connectivity index (χ0n) is 20.5. The van der Waals surface area contributed by atoms with Gasteiger partial charge in [-0.3, -0.25) is 9.89 Å². The van der Waals surface area contributed by atoms with Crippen LogP contribution in [0.5, 0.6) is 0 Å². The van der Waals surface area contributed by atoms with Gasteiger partial charge in [0.1, 0.15) is 0 Å². The molecule has 2 aromatic carbocycles. The van der Waals surface area contributed by atoms with Gasteiger partial charge in [-0.15, -0.1) is 0 Å². The molecule has 0 radical (unpaired) electrons. The minimum atomic E-state index is -0.219. The molecule has 8 nitrogen and oxygen atoms in total. The molecular weight excluding hydrogens is 486 g/mol. The highest BCUT2D eigenvalue weighted by Gasteiger charge is 2.36. The number of anilines is 2. The molecule has 2 aromatic heterocycles. The fourth-order valence-electron chi connectivity index (χ4n) is 5.72. The van der Waals surface area contributed by atoms with E-state index in [-0.39, 0.29) is 17.9 Å². The average molecular weight is 516 g/mol. The fourth-order valence-corrected chi connectivity index (χ4v) is 5.84. The van der Waals surface area contributed by atoms with Crippen LogP contribution >= 0.6 is 11.6 Å². The van der Waals surface area contributed by atoms with Gasteiger partial charge in [-0.25, -0.2) is 4.98 Å². The number of carbonyl (C=O) groups is 1. The number of nitrogens with two attached hydrogens (primary N) is 1. The Morgan fingerprint density at radius 3 is 2.51 bits per heavy atom. The van der Waals surface area contributed by atoms with E-state index in [9.17, 15) is 4.79 Å². The first-order valence-electron chi connectivity index (χ1n) is 12.8. The molecule has 4 aromatic rings. The van der Waals surface area contributed by atoms with Crippen LogP contribution in [0.4, 0.5) is 11.5 Å². The summed E-state index contributed by atoms with van der Waals surface area (Å²) in [5.74, 6) is 0.389. The predicted octanol–water partition coefficient (Wildman–Crippen LogP) is 4.04. The Hall–Kier alpha value is -3.62. The molecule has 9 heteroatoms. The standard InChI is InChI=1S/C28H30ClN7O/c29-20-10-8-19(9-11-20)23(22-7-4-12-31-22)28(37)36-15-13-35(14-16-36)25-21(18-5-2-1-3-6-18)17-32-27-24(25)26(30)33-34-27/h1-3,5-6,8-11,17,22-23,31H,4,7,12-16H2,(H3,30,32,33,34)/t22-,23-/m0/s1. The molecule has 2 aliphatic heterocycles. The highest BCUT2D eigenvalue weighted by atomic mass is 35.5. The summed E-state index contributed by atoms with van der Waals surface area (Å²) < 4.78 is 0. The van der Waals surface area contributed by atoms with Gasteiger partial charge in [-0.2, -0.15) is 5.10 Å². The Morgan fingerprint density at radius 1 is 1.05 bits per heavy atom. The number of nitrogens with zero attached hydrogens (tertiary/aromatic N) is 4. The van der Waals surface area contributed by atoms with Crippen LogP contribution in [0.15, 0.2) is 60.8 Å². The molecular formula is C28H30ClN7O. The van der Waals surface area contributed by atoms with Crippen LogP contribution in [0.2, 0.25) is 5.02 Å². The van der Waals surface area contributed by atoms with Gasteiger partial charge in [0.25, 0.3) is 0 Å². The van der Waals surface area contributed by atoms with E-state index in [0.29, 0.717) is 42.7 Å². The molecule has 1 amide bonds. The van der Waals surface area contributed by atoms with E-state index in [1.54, 1.807) is 0 Å². The summed E-state index contributed by atoms with van der Waals surface area (Å²) in [5.41, 5.74) is 11.1. The molecule has 4 N–H and O–H groups in total. The molecule has 0 aliphatic carbocycles. The Bertz CT molecular complexity index is 1390. The fraction of sp³-hybridized carbons (Fsp3) is 0.321. The summed E-state index contributed by atoms with van der Waals surface area (Å²) in [6.07, 6.45) is 3.96. The van der Waals surface area contributed by atoms with Crippen LogP contribution in [0, 0.1) is 0 Å². The molecule has 2 saturated heterocycles. The number of aromatic nitrogens is 3. The molecule has 37 heavy (non-hydrogen) atoms. The van der Waals surface area contributed by atoms with E-state index in [1.807, 2.05) is 53.6 Å². The zero-order chi connectivity index (χ0) is 25.4. The maximum atomic E-state index is 13.9. The van der Waals surface area contributed by atoms with Gasteiger partial charge in [-0.1, -0.05) is 54.1 Å². The third-order valence-corrected chi connectivity index (χ3v) is 7.83. The zero-order valence-corrected chi connectivity index (χ0v) is 21.3. The molecule has 0 bridgehead atoms. The van der Waals surface area contributed by atoms with Crippen molar-refractivity contribution in [3.8, 4) is 11.1 Å². The van der Waals surface area contributed by atoms with Gasteiger partial charge in [0.05, 0.1) is 17.0 Å². The molecule has 2 fully saturated rings. The van der Waals surface area contributed by atoms with Crippen molar-refractivity contribution in [1.29, 1.82) is 0 Å². The maximum Gasteiger partial charge on any atom is 0.231 e. The lowest BCUT2D eigenvalue weighted by molar-refractivity contribution is -0.133. The Balaban J connectivity index is 1.28. The average Bonchev–Trinajstić information content (AvgIpc) is 3.60. The highest BCUT2D eigenvalue weighted by molar-refractivity contribution is 6.30. The smallest absolute Gasteiger partial charge is 0.231 e. The Morgan fingerprint density at radius 2 is 1.81 bits per heavy atom. The largest absolute Gasteiger partial charge is 0.382 e. The number of nitrogen functional groups attached to an aromatic ring is 1. The van der Waals surface area contributed by atoms with Crippen molar-refractivity contribution in [3.63, 3.8) is 0 Å². The van der Waals surface area contributed by atoms with Crippen molar-refractivity contribution in [3.05, 3.63) is 71.4 Å². The summed E-state index contributed by atoms with van der Waals surface area (Å²) >= 11 is 6.14. The number of piperazine rings is 1. The van der Waals surface area contributed by atoms with Crippen molar-refractivity contribution in [2.75, 3.05) is 43.4 Å². The molecule has 0 spiro atoms. The summed E-state index contributed by atoms with van der Waals surface area (Å²) in [5, 5.41) is 12.2. The molecule has 0 saturated carbocycles. The summed E-state index contributed by atoms with van der Waals surface area (Å²) in [6, 6.07) is 18.1. The SMILES string of the molecule is Nc1n[nH]c2ncc(-c3ccccc3)c(N3CCN(C(=O)[C@@H](c4ccc(Cl)cc4)[C@@H]4CCCN4)CC3)c12. The quantitative estimate of drug-likeness (QED) is 0.370. The number of carbonyl (C=O) groups excluding carboxylic acids is 1. The minimum Gasteiger partial charge on any atom is -0.382 e. The Kier molecular flexibility index (Phi) is 6.44. The van der Waals surface area contributed by atoms with Gasteiger partial charge in [0.15, 0.2) is 11.5 Å². The molecule has 2 atom stereocenters.